The lowest BCUT2D eigenvalue weighted by molar-refractivity contribution is -0.141. The molecule has 15 nitrogen and oxygen atoms in total. The molecule has 16 heteroatoms. The molecule has 4 heterocycles. The van der Waals surface area contributed by atoms with Gasteiger partial charge in [-0.25, -0.2) is 18.2 Å². The van der Waals surface area contributed by atoms with Gasteiger partial charge in [0.15, 0.2) is 11.3 Å². The van der Waals surface area contributed by atoms with Gasteiger partial charge in [-0.15, -0.1) is 0 Å². The van der Waals surface area contributed by atoms with Crippen molar-refractivity contribution in [2.24, 2.45) is 5.92 Å². The third-order valence-electron chi connectivity index (χ3n) is 12.7. The molecule has 60 heavy (non-hydrogen) atoms. The third kappa shape index (κ3) is 7.85. The van der Waals surface area contributed by atoms with Gasteiger partial charge in [-0.2, -0.15) is 0 Å². The van der Waals surface area contributed by atoms with Crippen LogP contribution in [0.15, 0.2) is 53.0 Å². The number of nitrogens with zero attached hydrogens (tertiary/aromatic N) is 2. The Bertz CT molecular complexity index is 2510. The second-order valence-electron chi connectivity index (χ2n) is 17.1. The van der Waals surface area contributed by atoms with Gasteiger partial charge in [0.25, 0.3) is 5.91 Å². The molecule has 4 amide bonds. The van der Waals surface area contributed by atoms with Crippen molar-refractivity contribution in [1.29, 1.82) is 0 Å². The van der Waals surface area contributed by atoms with Gasteiger partial charge in [0.05, 0.1) is 24.4 Å². The minimum absolute atomic E-state index is 0.0240. The standard InChI is InChI=1S/C44H51N5O10S/c1-25-14-19-36-32(20-25)37-39(59-36)38(31-18-15-28(56-2)21-34(31)45-37)57-29-22-35-40(50)47-44(42(52)48-60(54,55)30-16-17-30)23-26(44)10-6-4-3-5-7-13-33(41(51)49(35)24-29)46-43(53)58-27-11-8-9-12-27/h6,10,14-15,18-21,26-27,29-30,33,35H,3-5,7-9,11-13,16-17,22-24H2,1-2H3,(H,46,53)(H,47,50)(H,48,52)/b10-6-/t26-,29+,33-,35-,44+/m0/s1. The fourth-order valence-electron chi connectivity index (χ4n) is 9.09. The van der Waals surface area contributed by atoms with E-state index in [0.717, 1.165) is 49.5 Å². The van der Waals surface area contributed by atoms with E-state index in [0.29, 0.717) is 71.2 Å². The van der Waals surface area contributed by atoms with Crippen molar-refractivity contribution in [3.05, 3.63) is 54.1 Å². The molecular formula is C44H51N5O10S. The van der Waals surface area contributed by atoms with E-state index >= 15 is 0 Å². The van der Waals surface area contributed by atoms with E-state index in [1.165, 1.54) is 4.90 Å². The number of fused-ring (bicyclic) bond motifs is 6. The lowest BCUT2D eigenvalue weighted by Gasteiger charge is -2.30. The van der Waals surface area contributed by atoms with Gasteiger partial charge in [0.2, 0.25) is 21.8 Å². The summed E-state index contributed by atoms with van der Waals surface area (Å²) >= 11 is 0. The normalized spacial score (nSPS) is 27.1. The average molecular weight is 842 g/mol. The molecule has 5 atom stereocenters. The van der Waals surface area contributed by atoms with Crippen LogP contribution in [0.25, 0.3) is 33.0 Å². The summed E-state index contributed by atoms with van der Waals surface area (Å²) in [5, 5.41) is 6.56. The van der Waals surface area contributed by atoms with E-state index in [-0.39, 0.29) is 25.5 Å². The molecule has 0 bridgehead atoms. The topological polar surface area (TPSA) is 195 Å². The number of allylic oxidation sites excluding steroid dienone is 1. The molecule has 3 aliphatic carbocycles. The molecule has 2 aromatic heterocycles. The van der Waals surface area contributed by atoms with Crippen LogP contribution in [0, 0.1) is 12.8 Å². The SMILES string of the molecule is COc1ccc2c(O[C@@H]3C[C@H]4C(=O)N[C@]5(C(=O)NS(=O)(=O)C6CC6)C[C@@H]5/C=C\CCCCC[C@H](NC(=O)OC5CCCC5)C(=O)N4C3)c3oc4ccc(C)cc4c3nc2c1. The van der Waals surface area contributed by atoms with E-state index in [4.69, 9.17) is 23.6 Å². The van der Waals surface area contributed by atoms with Gasteiger partial charge in [-0.05, 0) is 95.4 Å². The van der Waals surface area contributed by atoms with Crippen LogP contribution in [0.4, 0.5) is 4.79 Å². The molecule has 0 unspecified atom stereocenters. The van der Waals surface area contributed by atoms with Crippen molar-refractivity contribution in [2.45, 2.75) is 125 Å². The first-order valence-corrected chi connectivity index (χ1v) is 22.8. The molecule has 4 fully saturated rings. The number of aryl methyl sites for hydroxylation is 1. The molecule has 0 radical (unpaired) electrons. The maximum atomic E-state index is 14.8. The number of carbonyl (C=O) groups is 4. The first-order valence-electron chi connectivity index (χ1n) is 21.2. The van der Waals surface area contributed by atoms with Crippen molar-refractivity contribution in [1.82, 2.24) is 25.2 Å². The Morgan fingerprint density at radius 2 is 1.77 bits per heavy atom. The average Bonchev–Trinajstić information content (AvgIpc) is 4.04. The van der Waals surface area contributed by atoms with Crippen LogP contribution in [0.3, 0.4) is 0 Å². The van der Waals surface area contributed by atoms with E-state index < -0.39 is 68.7 Å². The smallest absolute Gasteiger partial charge is 0.408 e. The van der Waals surface area contributed by atoms with Gasteiger partial charge in [0, 0.05) is 29.2 Å². The number of carbonyl (C=O) groups excluding carboxylic acids is 4. The van der Waals surface area contributed by atoms with E-state index in [9.17, 15) is 27.6 Å². The minimum atomic E-state index is -3.91. The van der Waals surface area contributed by atoms with Crippen LogP contribution in [0.1, 0.15) is 89.0 Å². The maximum Gasteiger partial charge on any atom is 0.408 e. The Morgan fingerprint density at radius 3 is 2.55 bits per heavy atom. The number of furan rings is 1. The summed E-state index contributed by atoms with van der Waals surface area (Å²) in [6.45, 7) is 1.95. The summed E-state index contributed by atoms with van der Waals surface area (Å²) < 4.78 is 52.7. The van der Waals surface area contributed by atoms with Crippen molar-refractivity contribution >= 4 is 66.8 Å². The molecule has 5 aliphatic rings. The number of hydrogen-bond donors (Lipinski definition) is 3. The molecule has 2 aliphatic heterocycles. The number of amides is 4. The zero-order valence-electron chi connectivity index (χ0n) is 33.9. The molecule has 318 valence electrons. The second kappa shape index (κ2) is 15.9. The van der Waals surface area contributed by atoms with E-state index in [1.54, 1.807) is 19.2 Å². The molecule has 4 aromatic rings. The summed E-state index contributed by atoms with van der Waals surface area (Å²) in [7, 11) is -2.34. The highest BCUT2D eigenvalue weighted by Gasteiger charge is 2.62. The van der Waals surface area contributed by atoms with Crippen LogP contribution in [0.5, 0.6) is 11.5 Å². The number of aromatic nitrogens is 1. The molecule has 3 saturated carbocycles. The summed E-state index contributed by atoms with van der Waals surface area (Å²) in [6.07, 6.45) is 10.0. The number of sulfonamides is 1. The second-order valence-corrected chi connectivity index (χ2v) is 19.1. The van der Waals surface area contributed by atoms with Crippen LogP contribution in [0.2, 0.25) is 0 Å². The van der Waals surface area contributed by atoms with Crippen LogP contribution >= 0.6 is 0 Å². The number of hydrogen-bond acceptors (Lipinski definition) is 11. The van der Waals surface area contributed by atoms with Crippen molar-refractivity contribution in [3.8, 4) is 11.5 Å². The minimum Gasteiger partial charge on any atom is -0.497 e. The van der Waals surface area contributed by atoms with E-state index in [2.05, 4.69) is 15.4 Å². The number of methoxy groups -OCH3 is 1. The monoisotopic (exact) mass is 841 g/mol. The molecule has 2 aromatic carbocycles. The van der Waals surface area contributed by atoms with Gasteiger partial charge in [0.1, 0.15) is 46.7 Å². The Labute approximate surface area is 348 Å². The highest BCUT2D eigenvalue weighted by atomic mass is 32.2. The molecule has 1 saturated heterocycles. The molecular weight excluding hydrogens is 791 g/mol. The largest absolute Gasteiger partial charge is 0.497 e. The zero-order valence-corrected chi connectivity index (χ0v) is 34.7. The quantitative estimate of drug-likeness (QED) is 0.180. The fraction of sp³-hybridized carbons (Fsp3) is 0.523. The van der Waals surface area contributed by atoms with Gasteiger partial charge >= 0.3 is 6.09 Å². The molecule has 9 rings (SSSR count). The van der Waals surface area contributed by atoms with Crippen molar-refractivity contribution < 1.29 is 46.2 Å². The maximum absolute atomic E-state index is 14.8. The fourth-order valence-corrected chi connectivity index (χ4v) is 10.5. The summed E-state index contributed by atoms with van der Waals surface area (Å²) in [5.41, 5.74) is 1.69. The number of benzene rings is 2. The molecule has 3 N–H and O–H groups in total. The van der Waals surface area contributed by atoms with Crippen molar-refractivity contribution in [2.75, 3.05) is 13.7 Å². The highest BCUT2D eigenvalue weighted by molar-refractivity contribution is 7.91. The summed E-state index contributed by atoms with van der Waals surface area (Å²) in [5.74, 6) is -1.35. The Hall–Kier alpha value is -5.38. The highest BCUT2D eigenvalue weighted by Crippen LogP contribution is 2.47. The van der Waals surface area contributed by atoms with Crippen molar-refractivity contribution in [3.63, 3.8) is 0 Å². The van der Waals surface area contributed by atoms with Gasteiger partial charge < -0.3 is 34.2 Å². The summed E-state index contributed by atoms with van der Waals surface area (Å²) in [4.78, 5) is 63.0. The lowest BCUT2D eigenvalue weighted by atomic mass is 10.0. The Morgan fingerprint density at radius 1 is 0.967 bits per heavy atom. The number of alkyl carbamates (subject to hydrolysis) is 1. The Balaban J connectivity index is 1.07. The number of rotatable bonds is 8. The van der Waals surface area contributed by atoms with Gasteiger partial charge in [-0.1, -0.05) is 36.6 Å². The van der Waals surface area contributed by atoms with E-state index in [1.807, 2.05) is 43.3 Å². The van der Waals surface area contributed by atoms with Crippen LogP contribution in [-0.2, 0) is 29.1 Å². The number of nitrogens with one attached hydrogen (secondary N) is 3. The number of pyridine rings is 1. The van der Waals surface area contributed by atoms with Gasteiger partial charge in [-0.3, -0.25) is 19.1 Å². The van der Waals surface area contributed by atoms with Crippen LogP contribution < -0.4 is 24.8 Å². The Kier molecular flexibility index (Phi) is 10.6. The van der Waals surface area contributed by atoms with Crippen LogP contribution in [-0.4, -0.2) is 90.9 Å². The zero-order chi connectivity index (χ0) is 41.8. The first kappa shape index (κ1) is 40.0. The summed E-state index contributed by atoms with van der Waals surface area (Å²) in [6, 6.07) is 9.11. The molecule has 0 spiro atoms. The lowest BCUT2D eigenvalue weighted by Crippen LogP contribution is -2.58. The predicted molar refractivity (Wildman–Crippen MR) is 222 cm³/mol. The first-order chi connectivity index (χ1) is 28.9. The number of ether oxygens (including phenoxy) is 3. The predicted octanol–water partition coefficient (Wildman–Crippen LogP) is 5.84. The third-order valence-corrected chi connectivity index (χ3v) is 14.5.